The zero-order valence-corrected chi connectivity index (χ0v) is 16.1. The molecule has 0 fully saturated rings. The van der Waals surface area contributed by atoms with Crippen LogP contribution in [-0.2, 0) is 16.6 Å². The summed E-state index contributed by atoms with van der Waals surface area (Å²) in [6, 6.07) is 22.6. The molecule has 6 nitrogen and oxygen atoms in total. The molecule has 1 aromatic heterocycles. The van der Waals surface area contributed by atoms with Gasteiger partial charge in [-0.05, 0) is 47.9 Å². The minimum absolute atomic E-state index is 0.0542. The Bertz CT molecular complexity index is 1240. The van der Waals surface area contributed by atoms with Gasteiger partial charge in [-0.3, -0.25) is 4.79 Å². The van der Waals surface area contributed by atoms with Gasteiger partial charge in [-0.25, -0.2) is 13.1 Å². The van der Waals surface area contributed by atoms with E-state index in [2.05, 4.69) is 10.0 Å². The van der Waals surface area contributed by atoms with Gasteiger partial charge in [-0.2, -0.15) is 0 Å². The molecule has 4 rings (SSSR count). The van der Waals surface area contributed by atoms with E-state index >= 15 is 0 Å². The van der Waals surface area contributed by atoms with Crippen LogP contribution in [0.25, 0.3) is 10.8 Å². The molecule has 0 aliphatic heterocycles. The second-order valence-corrected chi connectivity index (χ2v) is 8.18. The molecule has 0 radical (unpaired) electrons. The zero-order chi connectivity index (χ0) is 20.3. The van der Waals surface area contributed by atoms with Crippen molar-refractivity contribution in [3.8, 4) is 0 Å². The maximum Gasteiger partial charge on any atom is 0.255 e. The molecule has 0 bridgehead atoms. The number of benzene rings is 3. The lowest BCUT2D eigenvalue weighted by Gasteiger charge is -2.10. The summed E-state index contributed by atoms with van der Waals surface area (Å²) >= 11 is 0. The third-order valence-corrected chi connectivity index (χ3v) is 5.90. The average Bonchev–Trinajstić information content (AvgIpc) is 3.26. The molecule has 0 spiro atoms. The van der Waals surface area contributed by atoms with Crippen LogP contribution >= 0.6 is 0 Å². The second-order valence-electron chi connectivity index (χ2n) is 6.41. The number of hydrogen-bond acceptors (Lipinski definition) is 4. The van der Waals surface area contributed by atoms with Gasteiger partial charge in [0.25, 0.3) is 5.91 Å². The molecular formula is C22H18N2O4S. The quantitative estimate of drug-likeness (QED) is 0.503. The summed E-state index contributed by atoms with van der Waals surface area (Å²) < 4.78 is 32.4. The number of fused-ring (bicyclic) bond motifs is 1. The summed E-state index contributed by atoms with van der Waals surface area (Å²) in [4.78, 5) is 12.7. The first-order valence-corrected chi connectivity index (χ1v) is 10.4. The van der Waals surface area contributed by atoms with Gasteiger partial charge >= 0.3 is 0 Å². The highest BCUT2D eigenvalue weighted by Crippen LogP contribution is 2.23. The molecule has 7 heteroatoms. The third-order valence-electron chi connectivity index (χ3n) is 4.48. The van der Waals surface area contributed by atoms with Gasteiger partial charge in [-0.1, -0.05) is 36.4 Å². The van der Waals surface area contributed by atoms with E-state index in [1.165, 1.54) is 30.5 Å². The Morgan fingerprint density at radius 3 is 2.38 bits per heavy atom. The number of furan rings is 1. The van der Waals surface area contributed by atoms with E-state index in [1.807, 2.05) is 42.5 Å². The second kappa shape index (κ2) is 7.90. The smallest absolute Gasteiger partial charge is 0.255 e. The van der Waals surface area contributed by atoms with Crippen molar-refractivity contribution < 1.29 is 17.6 Å². The van der Waals surface area contributed by atoms with Crippen molar-refractivity contribution in [3.63, 3.8) is 0 Å². The molecule has 0 aliphatic rings. The van der Waals surface area contributed by atoms with Crippen LogP contribution in [0.15, 0.2) is 94.4 Å². The zero-order valence-electron chi connectivity index (χ0n) is 15.3. The molecular weight excluding hydrogens is 388 g/mol. The van der Waals surface area contributed by atoms with Crippen molar-refractivity contribution in [1.29, 1.82) is 0 Å². The summed E-state index contributed by atoms with van der Waals surface area (Å²) in [6.07, 6.45) is 1.48. The molecule has 0 saturated heterocycles. The van der Waals surface area contributed by atoms with Crippen LogP contribution in [0.1, 0.15) is 16.1 Å². The molecule has 3 aromatic carbocycles. The Balaban J connectivity index is 1.49. The van der Waals surface area contributed by atoms with Crippen molar-refractivity contribution in [3.05, 3.63) is 96.4 Å². The van der Waals surface area contributed by atoms with E-state index in [0.29, 0.717) is 17.0 Å². The highest BCUT2D eigenvalue weighted by atomic mass is 32.2. The maximum absolute atomic E-state index is 12.6. The normalized spacial score (nSPS) is 11.4. The topological polar surface area (TPSA) is 88.4 Å². The lowest BCUT2D eigenvalue weighted by Crippen LogP contribution is -2.23. The number of carbonyl (C=O) groups excluding carboxylic acids is 1. The minimum Gasteiger partial charge on any atom is -0.468 e. The van der Waals surface area contributed by atoms with Crippen molar-refractivity contribution >= 4 is 32.4 Å². The Kier molecular flexibility index (Phi) is 5.16. The van der Waals surface area contributed by atoms with Gasteiger partial charge in [0.1, 0.15) is 5.76 Å². The Hall–Kier alpha value is -3.42. The molecule has 0 unspecified atom stereocenters. The Morgan fingerprint density at radius 2 is 1.62 bits per heavy atom. The number of sulfonamides is 1. The van der Waals surface area contributed by atoms with E-state index < -0.39 is 10.0 Å². The fourth-order valence-electron chi connectivity index (χ4n) is 2.98. The van der Waals surface area contributed by atoms with E-state index in [-0.39, 0.29) is 17.3 Å². The standard InChI is InChI=1S/C22H18N2O4S/c25-22(24-21-9-3-6-16-5-1-2-8-20(16)21)17-10-12-19(13-11-17)29(26,27)23-15-18-7-4-14-28-18/h1-14,23H,15H2,(H,24,25). The largest absolute Gasteiger partial charge is 0.468 e. The molecule has 4 aromatic rings. The average molecular weight is 406 g/mol. The monoisotopic (exact) mass is 406 g/mol. The summed E-state index contributed by atoms with van der Waals surface area (Å²) in [5, 5.41) is 4.84. The number of hydrogen-bond donors (Lipinski definition) is 2. The van der Waals surface area contributed by atoms with Gasteiger partial charge in [0.05, 0.1) is 17.7 Å². The number of carbonyl (C=O) groups is 1. The molecule has 1 heterocycles. The fourth-order valence-corrected chi connectivity index (χ4v) is 3.97. The third kappa shape index (κ3) is 4.21. The Labute approximate surface area is 168 Å². The molecule has 2 N–H and O–H groups in total. The summed E-state index contributed by atoms with van der Waals surface area (Å²) in [6.45, 7) is 0.0542. The molecule has 1 amide bonds. The predicted octanol–water partition coefficient (Wildman–Crippen LogP) is 4.16. The van der Waals surface area contributed by atoms with Crippen LogP contribution in [0, 0.1) is 0 Å². The number of nitrogens with one attached hydrogen (secondary N) is 2. The molecule has 0 saturated carbocycles. The highest BCUT2D eigenvalue weighted by molar-refractivity contribution is 7.89. The van der Waals surface area contributed by atoms with Crippen molar-refractivity contribution in [2.45, 2.75) is 11.4 Å². The van der Waals surface area contributed by atoms with Crippen molar-refractivity contribution in [2.24, 2.45) is 0 Å². The van der Waals surface area contributed by atoms with E-state index in [9.17, 15) is 13.2 Å². The fraction of sp³-hybridized carbons (Fsp3) is 0.0455. The highest BCUT2D eigenvalue weighted by Gasteiger charge is 2.16. The molecule has 29 heavy (non-hydrogen) atoms. The first-order chi connectivity index (χ1) is 14.0. The van der Waals surface area contributed by atoms with Crippen LogP contribution < -0.4 is 10.0 Å². The summed E-state index contributed by atoms with van der Waals surface area (Å²) in [7, 11) is -3.71. The van der Waals surface area contributed by atoms with Gasteiger partial charge in [-0.15, -0.1) is 0 Å². The maximum atomic E-state index is 12.6. The minimum atomic E-state index is -3.71. The van der Waals surface area contributed by atoms with Crippen molar-refractivity contribution in [2.75, 3.05) is 5.32 Å². The summed E-state index contributed by atoms with van der Waals surface area (Å²) in [5.41, 5.74) is 1.06. The Morgan fingerprint density at radius 1 is 0.862 bits per heavy atom. The number of anilines is 1. The molecule has 0 atom stereocenters. The van der Waals surface area contributed by atoms with Crippen LogP contribution in [-0.4, -0.2) is 14.3 Å². The first-order valence-electron chi connectivity index (χ1n) is 8.94. The summed E-state index contributed by atoms with van der Waals surface area (Å²) in [5.74, 6) is 0.202. The van der Waals surface area contributed by atoms with E-state index in [4.69, 9.17) is 4.42 Å². The lowest BCUT2D eigenvalue weighted by molar-refractivity contribution is 0.102. The number of rotatable bonds is 6. The van der Waals surface area contributed by atoms with E-state index in [0.717, 1.165) is 10.8 Å². The van der Waals surface area contributed by atoms with Crippen LogP contribution in [0.4, 0.5) is 5.69 Å². The van der Waals surface area contributed by atoms with Gasteiger partial charge in [0.2, 0.25) is 10.0 Å². The predicted molar refractivity (Wildman–Crippen MR) is 111 cm³/mol. The van der Waals surface area contributed by atoms with Gasteiger partial charge in [0, 0.05) is 16.6 Å². The van der Waals surface area contributed by atoms with Gasteiger partial charge in [0.15, 0.2) is 0 Å². The van der Waals surface area contributed by atoms with Crippen LogP contribution in [0.2, 0.25) is 0 Å². The first kappa shape index (κ1) is 18.9. The van der Waals surface area contributed by atoms with Crippen LogP contribution in [0.3, 0.4) is 0 Å². The molecule has 0 aliphatic carbocycles. The lowest BCUT2D eigenvalue weighted by atomic mass is 10.1. The molecule has 146 valence electrons. The SMILES string of the molecule is O=C(Nc1cccc2ccccc12)c1ccc(S(=O)(=O)NCc2ccco2)cc1. The van der Waals surface area contributed by atoms with Gasteiger partial charge < -0.3 is 9.73 Å². The van der Waals surface area contributed by atoms with Crippen molar-refractivity contribution in [1.82, 2.24) is 4.72 Å². The number of amides is 1. The van der Waals surface area contributed by atoms with Crippen LogP contribution in [0.5, 0.6) is 0 Å². The van der Waals surface area contributed by atoms with E-state index in [1.54, 1.807) is 12.1 Å².